The number of hydrogen-bond acceptors (Lipinski definition) is 2. The van der Waals surface area contributed by atoms with E-state index < -0.39 is 0 Å². The van der Waals surface area contributed by atoms with E-state index in [1.165, 1.54) is 19.3 Å². The summed E-state index contributed by atoms with van der Waals surface area (Å²) >= 11 is 6.07. The third-order valence-corrected chi connectivity index (χ3v) is 3.92. The number of halogens is 1. The van der Waals surface area contributed by atoms with Gasteiger partial charge in [-0.05, 0) is 43.9 Å². The van der Waals surface area contributed by atoms with Gasteiger partial charge in [0.05, 0.1) is 10.6 Å². The van der Waals surface area contributed by atoms with Crippen molar-refractivity contribution in [1.82, 2.24) is 4.90 Å². The molecule has 0 bridgehead atoms. The third-order valence-electron chi connectivity index (χ3n) is 3.59. The van der Waals surface area contributed by atoms with E-state index in [0.29, 0.717) is 28.7 Å². The molecule has 2 N–H and O–H groups in total. The Kier molecular flexibility index (Phi) is 4.12. The van der Waals surface area contributed by atoms with Gasteiger partial charge in [0.25, 0.3) is 5.91 Å². The van der Waals surface area contributed by atoms with Crippen LogP contribution in [0.4, 0.5) is 5.69 Å². The molecule has 0 atom stereocenters. The molecule has 0 heterocycles. The molecule has 0 aromatic heterocycles. The van der Waals surface area contributed by atoms with Crippen LogP contribution in [0.2, 0.25) is 5.02 Å². The molecule has 0 unspecified atom stereocenters. The maximum Gasteiger partial charge on any atom is 0.255 e. The summed E-state index contributed by atoms with van der Waals surface area (Å²) in [6, 6.07) is 5.05. The van der Waals surface area contributed by atoms with E-state index in [4.69, 9.17) is 17.3 Å². The molecular formula is C14H19ClN2O. The van der Waals surface area contributed by atoms with Gasteiger partial charge in [0, 0.05) is 18.8 Å². The van der Waals surface area contributed by atoms with E-state index in [0.717, 1.165) is 6.54 Å². The second kappa shape index (κ2) is 5.61. The standard InChI is InChI=1S/C14H19ClN2O/c1-2-17(9-10-4-3-5-10)14(18)12-8-11(16)6-7-13(12)15/h6-8,10H,2-5,9,16H2,1H3. The fourth-order valence-corrected chi connectivity index (χ4v) is 2.42. The Morgan fingerprint density at radius 2 is 2.22 bits per heavy atom. The number of nitrogen functional groups attached to an aromatic ring is 1. The number of benzene rings is 1. The van der Waals surface area contributed by atoms with E-state index in [-0.39, 0.29) is 5.91 Å². The summed E-state index contributed by atoms with van der Waals surface area (Å²) in [7, 11) is 0. The zero-order chi connectivity index (χ0) is 13.1. The van der Waals surface area contributed by atoms with Crippen LogP contribution in [-0.2, 0) is 0 Å². The van der Waals surface area contributed by atoms with Crippen LogP contribution in [0.25, 0.3) is 0 Å². The average Bonchev–Trinajstić information content (AvgIpc) is 2.30. The van der Waals surface area contributed by atoms with Gasteiger partial charge in [-0.1, -0.05) is 18.0 Å². The van der Waals surface area contributed by atoms with Gasteiger partial charge in [0.1, 0.15) is 0 Å². The molecule has 0 radical (unpaired) electrons. The molecule has 1 fully saturated rings. The molecule has 2 rings (SSSR count). The van der Waals surface area contributed by atoms with Gasteiger partial charge < -0.3 is 10.6 Å². The van der Waals surface area contributed by atoms with Gasteiger partial charge in [-0.2, -0.15) is 0 Å². The summed E-state index contributed by atoms with van der Waals surface area (Å²) < 4.78 is 0. The molecule has 0 aliphatic heterocycles. The Morgan fingerprint density at radius 1 is 1.50 bits per heavy atom. The first-order valence-electron chi connectivity index (χ1n) is 6.46. The zero-order valence-corrected chi connectivity index (χ0v) is 11.4. The van der Waals surface area contributed by atoms with Crippen molar-refractivity contribution in [3.8, 4) is 0 Å². The highest BCUT2D eigenvalue weighted by molar-refractivity contribution is 6.34. The smallest absolute Gasteiger partial charge is 0.255 e. The minimum absolute atomic E-state index is 0.0123. The first kappa shape index (κ1) is 13.2. The topological polar surface area (TPSA) is 46.3 Å². The number of nitrogens with two attached hydrogens (primary N) is 1. The normalized spacial score (nSPS) is 15.2. The van der Waals surface area contributed by atoms with Gasteiger partial charge in [-0.15, -0.1) is 0 Å². The predicted molar refractivity (Wildman–Crippen MR) is 74.8 cm³/mol. The third kappa shape index (κ3) is 2.78. The van der Waals surface area contributed by atoms with E-state index >= 15 is 0 Å². The van der Waals surface area contributed by atoms with Crippen molar-refractivity contribution in [2.24, 2.45) is 5.92 Å². The highest BCUT2D eigenvalue weighted by atomic mass is 35.5. The fourth-order valence-electron chi connectivity index (χ4n) is 2.22. The molecule has 4 heteroatoms. The molecule has 1 saturated carbocycles. The van der Waals surface area contributed by atoms with Gasteiger partial charge in [-0.3, -0.25) is 4.79 Å². The van der Waals surface area contributed by atoms with Crippen molar-refractivity contribution < 1.29 is 4.79 Å². The first-order valence-corrected chi connectivity index (χ1v) is 6.84. The van der Waals surface area contributed by atoms with E-state index in [9.17, 15) is 4.79 Å². The minimum Gasteiger partial charge on any atom is -0.399 e. The molecule has 3 nitrogen and oxygen atoms in total. The van der Waals surface area contributed by atoms with Crippen molar-refractivity contribution >= 4 is 23.2 Å². The van der Waals surface area contributed by atoms with Crippen LogP contribution >= 0.6 is 11.6 Å². The maximum absolute atomic E-state index is 12.4. The highest BCUT2D eigenvalue weighted by Crippen LogP contribution is 2.28. The second-order valence-corrected chi connectivity index (χ2v) is 5.29. The van der Waals surface area contributed by atoms with Crippen LogP contribution in [0.5, 0.6) is 0 Å². The van der Waals surface area contributed by atoms with Gasteiger partial charge >= 0.3 is 0 Å². The van der Waals surface area contributed by atoms with Crippen LogP contribution in [0.3, 0.4) is 0 Å². The first-order chi connectivity index (χ1) is 8.61. The number of carbonyl (C=O) groups is 1. The molecule has 0 spiro atoms. The second-order valence-electron chi connectivity index (χ2n) is 4.88. The van der Waals surface area contributed by atoms with E-state index in [1.54, 1.807) is 18.2 Å². The van der Waals surface area contributed by atoms with Crippen molar-refractivity contribution in [2.75, 3.05) is 18.8 Å². The SMILES string of the molecule is CCN(CC1CCC1)C(=O)c1cc(N)ccc1Cl. The molecule has 1 amide bonds. The van der Waals surface area contributed by atoms with Crippen molar-refractivity contribution in [2.45, 2.75) is 26.2 Å². The Balaban J connectivity index is 2.14. The fraction of sp³-hybridized carbons (Fsp3) is 0.500. The summed E-state index contributed by atoms with van der Waals surface area (Å²) in [6.45, 7) is 3.54. The molecule has 98 valence electrons. The number of carbonyl (C=O) groups excluding carboxylic acids is 1. The van der Waals surface area contributed by atoms with Crippen LogP contribution in [0, 0.1) is 5.92 Å². The zero-order valence-electron chi connectivity index (χ0n) is 10.7. The summed E-state index contributed by atoms with van der Waals surface area (Å²) in [5.41, 5.74) is 6.80. The maximum atomic E-state index is 12.4. The summed E-state index contributed by atoms with van der Waals surface area (Å²) in [5, 5.41) is 0.473. The van der Waals surface area contributed by atoms with Crippen LogP contribution in [-0.4, -0.2) is 23.9 Å². The highest BCUT2D eigenvalue weighted by Gasteiger charge is 2.24. The monoisotopic (exact) mass is 266 g/mol. The molecule has 1 aliphatic carbocycles. The lowest BCUT2D eigenvalue weighted by atomic mass is 9.85. The Hall–Kier alpha value is -1.22. The molecule has 18 heavy (non-hydrogen) atoms. The number of nitrogens with zero attached hydrogens (tertiary/aromatic N) is 1. The van der Waals surface area contributed by atoms with Crippen LogP contribution < -0.4 is 5.73 Å². The lowest BCUT2D eigenvalue weighted by molar-refractivity contribution is 0.0706. The molecule has 1 aromatic rings. The molecule has 1 aromatic carbocycles. The van der Waals surface area contributed by atoms with Crippen molar-refractivity contribution in [3.63, 3.8) is 0 Å². The Bertz CT molecular complexity index is 443. The molecule has 1 aliphatic rings. The van der Waals surface area contributed by atoms with Gasteiger partial charge in [-0.25, -0.2) is 0 Å². The molecular weight excluding hydrogens is 248 g/mol. The van der Waals surface area contributed by atoms with E-state index in [1.807, 2.05) is 11.8 Å². The van der Waals surface area contributed by atoms with Crippen molar-refractivity contribution in [1.29, 1.82) is 0 Å². The molecule has 0 saturated heterocycles. The quantitative estimate of drug-likeness (QED) is 0.851. The Morgan fingerprint density at radius 3 is 2.78 bits per heavy atom. The largest absolute Gasteiger partial charge is 0.399 e. The summed E-state index contributed by atoms with van der Waals surface area (Å²) in [5.74, 6) is 0.649. The number of rotatable bonds is 4. The number of hydrogen-bond donors (Lipinski definition) is 1. The van der Waals surface area contributed by atoms with Crippen LogP contribution in [0.1, 0.15) is 36.5 Å². The minimum atomic E-state index is -0.0123. The number of amides is 1. The predicted octanol–water partition coefficient (Wildman–Crippen LogP) is 3.18. The van der Waals surface area contributed by atoms with Gasteiger partial charge in [0.2, 0.25) is 0 Å². The van der Waals surface area contributed by atoms with E-state index in [2.05, 4.69) is 0 Å². The lowest BCUT2D eigenvalue weighted by Gasteiger charge is -2.32. The Labute approximate surface area is 113 Å². The summed E-state index contributed by atoms with van der Waals surface area (Å²) in [4.78, 5) is 14.3. The lowest BCUT2D eigenvalue weighted by Crippen LogP contribution is -2.37. The number of anilines is 1. The van der Waals surface area contributed by atoms with Crippen molar-refractivity contribution in [3.05, 3.63) is 28.8 Å². The average molecular weight is 267 g/mol. The summed E-state index contributed by atoms with van der Waals surface area (Å²) in [6.07, 6.45) is 3.75. The van der Waals surface area contributed by atoms with Crippen LogP contribution in [0.15, 0.2) is 18.2 Å². The van der Waals surface area contributed by atoms with Gasteiger partial charge in [0.15, 0.2) is 0 Å².